The Balaban J connectivity index is 2.78. The summed E-state index contributed by atoms with van der Waals surface area (Å²) in [4.78, 5) is 11.2. The molecule has 0 saturated carbocycles. The zero-order chi connectivity index (χ0) is 11.3. The number of nitrogens with zero attached hydrogens (tertiary/aromatic N) is 1. The van der Waals surface area contributed by atoms with Crippen molar-refractivity contribution < 1.29 is 4.79 Å². The van der Waals surface area contributed by atoms with Gasteiger partial charge in [-0.3, -0.25) is 4.79 Å². The van der Waals surface area contributed by atoms with Crippen LogP contribution in [-0.2, 0) is 4.79 Å². The van der Waals surface area contributed by atoms with Crippen LogP contribution < -0.4 is 5.32 Å². The molecule has 0 aliphatic heterocycles. The van der Waals surface area contributed by atoms with Crippen molar-refractivity contribution in [2.75, 3.05) is 5.32 Å². The fraction of sp³-hybridized carbons (Fsp3) is 0.273. The highest BCUT2D eigenvalue weighted by atomic mass is 32.1. The minimum absolute atomic E-state index is 0.272. The van der Waals surface area contributed by atoms with Gasteiger partial charge in [0.2, 0.25) is 0 Å². The second kappa shape index (κ2) is 5.56. The van der Waals surface area contributed by atoms with Gasteiger partial charge in [0.1, 0.15) is 0 Å². The Bertz CT molecular complexity index is 375. The van der Waals surface area contributed by atoms with Gasteiger partial charge in [0.05, 0.1) is 6.21 Å². The molecule has 1 aromatic carbocycles. The fourth-order valence-corrected chi connectivity index (χ4v) is 1.31. The average molecular weight is 222 g/mol. The Morgan fingerprint density at radius 1 is 1.53 bits per heavy atom. The van der Waals surface area contributed by atoms with Crippen molar-refractivity contribution in [3.63, 3.8) is 0 Å². The van der Waals surface area contributed by atoms with Crippen LogP contribution in [0, 0.1) is 0 Å². The van der Waals surface area contributed by atoms with Crippen LogP contribution in [0.4, 0.5) is 5.69 Å². The highest BCUT2D eigenvalue weighted by Gasteiger charge is 2.02. The molecule has 1 amide bonds. The van der Waals surface area contributed by atoms with Crippen LogP contribution in [0.3, 0.4) is 0 Å². The van der Waals surface area contributed by atoms with Gasteiger partial charge in [0.15, 0.2) is 0 Å². The molecule has 1 N–H and O–H groups in total. The predicted octanol–water partition coefficient (Wildman–Crippen LogP) is 2.66. The minimum atomic E-state index is -0.272. The van der Waals surface area contributed by atoms with Gasteiger partial charge >= 0.3 is 0 Å². The monoisotopic (exact) mass is 222 g/mol. The molecule has 0 fully saturated rings. The van der Waals surface area contributed by atoms with Gasteiger partial charge in [-0.05, 0) is 36.4 Å². The number of benzene rings is 1. The van der Waals surface area contributed by atoms with Crippen molar-refractivity contribution in [2.45, 2.75) is 19.8 Å². The number of carbonyl (C=O) groups excluding carboxylic acids is 1. The van der Waals surface area contributed by atoms with Crippen LogP contribution in [0.2, 0.25) is 0 Å². The molecule has 15 heavy (non-hydrogen) atoms. The standard InChI is InChI=1S/C11H14N2OS/c1-8(2)9-4-3-5-10(6-9)13-11(14)7-12-15/h3-8,15H,1-2H3,(H,13,14). The Labute approximate surface area is 95.2 Å². The van der Waals surface area contributed by atoms with Gasteiger partial charge in [-0.1, -0.05) is 26.0 Å². The number of amides is 1. The predicted molar refractivity (Wildman–Crippen MR) is 66.6 cm³/mol. The van der Waals surface area contributed by atoms with E-state index in [9.17, 15) is 4.79 Å². The van der Waals surface area contributed by atoms with E-state index in [0.717, 1.165) is 11.9 Å². The summed E-state index contributed by atoms with van der Waals surface area (Å²) in [5.74, 6) is 0.173. The van der Waals surface area contributed by atoms with Gasteiger partial charge in [-0.15, -0.1) is 0 Å². The number of hydrogen-bond acceptors (Lipinski definition) is 3. The van der Waals surface area contributed by atoms with Crippen LogP contribution in [0.15, 0.2) is 28.7 Å². The van der Waals surface area contributed by atoms with Crippen LogP contribution >= 0.6 is 12.8 Å². The third-order valence-corrected chi connectivity index (χ3v) is 2.11. The number of hydrogen-bond donors (Lipinski definition) is 2. The highest BCUT2D eigenvalue weighted by Crippen LogP contribution is 2.18. The van der Waals surface area contributed by atoms with Gasteiger partial charge in [0, 0.05) is 5.69 Å². The van der Waals surface area contributed by atoms with Crippen LogP contribution in [0.25, 0.3) is 0 Å². The molecule has 0 aromatic heterocycles. The molecule has 0 aliphatic rings. The zero-order valence-corrected chi connectivity index (χ0v) is 9.66. The lowest BCUT2D eigenvalue weighted by Gasteiger charge is -2.07. The topological polar surface area (TPSA) is 41.5 Å². The smallest absolute Gasteiger partial charge is 0.267 e. The average Bonchev–Trinajstić information content (AvgIpc) is 2.18. The van der Waals surface area contributed by atoms with Crippen LogP contribution in [0.5, 0.6) is 0 Å². The molecule has 4 heteroatoms. The third-order valence-electron chi connectivity index (χ3n) is 2.00. The van der Waals surface area contributed by atoms with E-state index in [1.165, 1.54) is 5.56 Å². The molecule has 1 rings (SSSR count). The summed E-state index contributed by atoms with van der Waals surface area (Å²) in [7, 11) is 0. The molecule has 0 bridgehead atoms. The van der Waals surface area contributed by atoms with Gasteiger partial charge in [-0.2, -0.15) is 0 Å². The maximum Gasteiger partial charge on any atom is 0.267 e. The first kappa shape index (κ1) is 11.8. The van der Waals surface area contributed by atoms with E-state index in [4.69, 9.17) is 0 Å². The van der Waals surface area contributed by atoms with E-state index in [-0.39, 0.29) is 5.91 Å². The van der Waals surface area contributed by atoms with Crippen LogP contribution in [0.1, 0.15) is 25.3 Å². The maximum absolute atomic E-state index is 11.2. The summed E-state index contributed by atoms with van der Waals surface area (Å²) in [6.45, 7) is 4.21. The number of thiol groups is 1. The van der Waals surface area contributed by atoms with Crippen molar-refractivity contribution in [1.29, 1.82) is 0 Å². The Kier molecular flexibility index (Phi) is 4.37. The summed E-state index contributed by atoms with van der Waals surface area (Å²) in [5.41, 5.74) is 1.97. The first-order valence-corrected chi connectivity index (χ1v) is 5.12. The summed E-state index contributed by atoms with van der Waals surface area (Å²) >= 11 is 3.59. The van der Waals surface area contributed by atoms with Gasteiger partial charge in [0.25, 0.3) is 5.91 Å². The number of carbonyl (C=O) groups is 1. The van der Waals surface area contributed by atoms with E-state index in [2.05, 4.69) is 36.4 Å². The first-order chi connectivity index (χ1) is 7.13. The molecule has 0 radical (unpaired) electrons. The lowest BCUT2D eigenvalue weighted by atomic mass is 10.0. The summed E-state index contributed by atoms with van der Waals surface area (Å²) in [6.07, 6.45) is 1.13. The second-order valence-corrected chi connectivity index (χ2v) is 3.74. The maximum atomic E-state index is 11.2. The van der Waals surface area contributed by atoms with Crippen molar-refractivity contribution >= 4 is 30.6 Å². The molecule has 0 aliphatic carbocycles. The Morgan fingerprint density at radius 3 is 2.87 bits per heavy atom. The van der Waals surface area contributed by atoms with Gasteiger partial charge in [-0.25, -0.2) is 4.40 Å². The molecule has 80 valence electrons. The quantitative estimate of drug-likeness (QED) is 0.599. The SMILES string of the molecule is CC(C)c1cccc(NC(=O)C=NS)c1. The van der Waals surface area contributed by atoms with Crippen LogP contribution in [-0.4, -0.2) is 12.1 Å². The lowest BCUT2D eigenvalue weighted by molar-refractivity contribution is -0.109. The lowest BCUT2D eigenvalue weighted by Crippen LogP contribution is -2.12. The highest BCUT2D eigenvalue weighted by molar-refractivity contribution is 7.79. The summed E-state index contributed by atoms with van der Waals surface area (Å²) in [6, 6.07) is 7.75. The van der Waals surface area contributed by atoms with Crippen molar-refractivity contribution in [3.05, 3.63) is 29.8 Å². The summed E-state index contributed by atoms with van der Waals surface area (Å²) in [5, 5.41) is 2.70. The molecule has 0 atom stereocenters. The van der Waals surface area contributed by atoms with E-state index in [1.54, 1.807) is 0 Å². The largest absolute Gasteiger partial charge is 0.321 e. The normalized spacial score (nSPS) is 10.9. The molecule has 0 heterocycles. The second-order valence-electron chi connectivity index (χ2n) is 3.51. The van der Waals surface area contributed by atoms with E-state index < -0.39 is 0 Å². The molecule has 0 saturated heterocycles. The van der Waals surface area contributed by atoms with Gasteiger partial charge < -0.3 is 5.32 Å². The Morgan fingerprint density at radius 2 is 2.27 bits per heavy atom. The number of nitrogens with one attached hydrogen (secondary N) is 1. The van der Waals surface area contributed by atoms with E-state index in [0.29, 0.717) is 5.92 Å². The van der Waals surface area contributed by atoms with E-state index >= 15 is 0 Å². The van der Waals surface area contributed by atoms with E-state index in [1.807, 2.05) is 24.3 Å². The molecular weight excluding hydrogens is 208 g/mol. The molecule has 0 spiro atoms. The number of rotatable bonds is 3. The Hall–Kier alpha value is -1.29. The molecule has 1 aromatic rings. The number of anilines is 1. The third kappa shape index (κ3) is 3.75. The van der Waals surface area contributed by atoms with Crippen molar-refractivity contribution in [3.8, 4) is 0 Å². The van der Waals surface area contributed by atoms with Crippen molar-refractivity contribution in [1.82, 2.24) is 0 Å². The minimum Gasteiger partial charge on any atom is -0.321 e. The molecular formula is C11H14N2OS. The van der Waals surface area contributed by atoms with Crippen molar-refractivity contribution in [2.24, 2.45) is 4.40 Å². The zero-order valence-electron chi connectivity index (χ0n) is 8.77. The summed E-state index contributed by atoms with van der Waals surface area (Å²) < 4.78 is 3.35. The fourth-order valence-electron chi connectivity index (χ4n) is 1.20. The first-order valence-electron chi connectivity index (χ1n) is 4.72. The molecule has 0 unspecified atom stereocenters. The molecule has 3 nitrogen and oxygen atoms in total.